The zero-order valence-corrected chi connectivity index (χ0v) is 10.3. The average Bonchev–Trinajstić information content (AvgIpc) is 2.12. The van der Waals surface area contributed by atoms with Crippen LogP contribution in [0, 0.1) is 5.92 Å². The molecule has 0 aromatic rings. The third-order valence-corrected chi connectivity index (χ3v) is 3.30. The fraction of sp³-hybridized carbons (Fsp3) is 1.00. The molecule has 0 heterocycles. The molecule has 7 heteroatoms. The molecule has 1 aliphatic rings. The summed E-state index contributed by atoms with van der Waals surface area (Å²) >= 11 is 0. The summed E-state index contributed by atoms with van der Waals surface area (Å²) in [5.74, 6) is -4.69. The first-order valence-corrected chi connectivity index (χ1v) is 5.83. The molecule has 2 nitrogen and oxygen atoms in total. The predicted molar refractivity (Wildman–Crippen MR) is 56.4 cm³/mol. The van der Waals surface area contributed by atoms with Gasteiger partial charge >= 0.3 is 6.18 Å². The summed E-state index contributed by atoms with van der Waals surface area (Å²) in [4.78, 5) is 1.01. The van der Waals surface area contributed by atoms with Crippen LogP contribution in [-0.4, -0.2) is 47.8 Å². The average molecular weight is 275 g/mol. The van der Waals surface area contributed by atoms with Crippen LogP contribution >= 0.6 is 0 Å². The first-order chi connectivity index (χ1) is 8.00. The van der Waals surface area contributed by atoms with Crippen molar-refractivity contribution in [1.29, 1.82) is 0 Å². The molecule has 0 aliphatic heterocycles. The molecular formula is C11H18F5NO. The Labute approximate surface area is 103 Å². The highest BCUT2D eigenvalue weighted by Crippen LogP contribution is 2.40. The van der Waals surface area contributed by atoms with Crippen molar-refractivity contribution < 1.29 is 27.1 Å². The molecule has 18 heavy (non-hydrogen) atoms. The van der Waals surface area contributed by atoms with Crippen molar-refractivity contribution in [2.24, 2.45) is 5.92 Å². The van der Waals surface area contributed by atoms with Crippen LogP contribution in [0.3, 0.4) is 0 Å². The SMILES string of the molecule is CN(CC(C)(F)F)C1CC(O)CCC1C(F)(F)F. The maximum atomic E-state index is 12.9. The summed E-state index contributed by atoms with van der Waals surface area (Å²) < 4.78 is 64.2. The van der Waals surface area contributed by atoms with Crippen LogP contribution < -0.4 is 0 Å². The number of aliphatic hydroxyl groups excluding tert-OH is 1. The highest BCUT2D eigenvalue weighted by atomic mass is 19.4. The second-order valence-corrected chi connectivity index (χ2v) is 5.17. The second kappa shape index (κ2) is 5.28. The Morgan fingerprint density at radius 1 is 1.17 bits per heavy atom. The maximum absolute atomic E-state index is 12.9. The topological polar surface area (TPSA) is 23.5 Å². The standard InChI is InChI=1S/C11H18F5NO/c1-10(12,13)6-17(2)9-5-7(18)3-4-8(9)11(14,15)16/h7-9,18H,3-6H2,1-2H3. The molecule has 0 spiro atoms. The number of aliphatic hydroxyl groups is 1. The van der Waals surface area contributed by atoms with E-state index in [1.54, 1.807) is 0 Å². The van der Waals surface area contributed by atoms with Crippen molar-refractivity contribution in [3.63, 3.8) is 0 Å². The van der Waals surface area contributed by atoms with Gasteiger partial charge in [-0.3, -0.25) is 4.90 Å². The lowest BCUT2D eigenvalue weighted by molar-refractivity contribution is -0.206. The quantitative estimate of drug-likeness (QED) is 0.800. The molecule has 1 saturated carbocycles. The zero-order chi connectivity index (χ0) is 14.1. The minimum Gasteiger partial charge on any atom is -0.393 e. The van der Waals surface area contributed by atoms with Crippen molar-refractivity contribution in [3.8, 4) is 0 Å². The Kier molecular flexibility index (Phi) is 4.59. The van der Waals surface area contributed by atoms with E-state index in [1.165, 1.54) is 7.05 Å². The van der Waals surface area contributed by atoms with Crippen LogP contribution in [0.1, 0.15) is 26.2 Å². The highest BCUT2D eigenvalue weighted by Gasteiger charge is 2.49. The summed E-state index contributed by atoms with van der Waals surface area (Å²) in [7, 11) is 1.25. The summed E-state index contributed by atoms with van der Waals surface area (Å²) in [6.45, 7) is -0.0671. The minimum atomic E-state index is -4.41. The van der Waals surface area contributed by atoms with Crippen LogP contribution in [0.2, 0.25) is 0 Å². The van der Waals surface area contributed by atoms with Gasteiger partial charge in [-0.1, -0.05) is 0 Å². The summed E-state index contributed by atoms with van der Waals surface area (Å²) in [6.07, 6.45) is -5.52. The normalized spacial score (nSPS) is 30.8. The van der Waals surface area contributed by atoms with E-state index < -0.39 is 36.7 Å². The fourth-order valence-corrected chi connectivity index (χ4v) is 2.55. The highest BCUT2D eigenvalue weighted by molar-refractivity contribution is 4.90. The molecule has 0 radical (unpaired) electrons. The molecule has 0 amide bonds. The first-order valence-electron chi connectivity index (χ1n) is 5.83. The largest absolute Gasteiger partial charge is 0.393 e. The Morgan fingerprint density at radius 3 is 2.17 bits per heavy atom. The van der Waals surface area contributed by atoms with Gasteiger partial charge in [-0.25, -0.2) is 8.78 Å². The molecule has 0 aromatic carbocycles. The van der Waals surface area contributed by atoms with E-state index in [1.807, 2.05) is 0 Å². The summed E-state index contributed by atoms with van der Waals surface area (Å²) in [5.41, 5.74) is 0. The van der Waals surface area contributed by atoms with Crippen LogP contribution in [0.5, 0.6) is 0 Å². The lowest BCUT2D eigenvalue weighted by Gasteiger charge is -2.41. The van der Waals surface area contributed by atoms with Crippen molar-refractivity contribution >= 4 is 0 Å². The van der Waals surface area contributed by atoms with Gasteiger partial charge in [0, 0.05) is 13.0 Å². The van der Waals surface area contributed by atoms with Crippen molar-refractivity contribution in [2.45, 2.75) is 50.4 Å². The number of nitrogens with zero attached hydrogens (tertiary/aromatic N) is 1. The van der Waals surface area contributed by atoms with Gasteiger partial charge in [-0.2, -0.15) is 13.2 Å². The molecule has 3 unspecified atom stereocenters. The summed E-state index contributed by atoms with van der Waals surface area (Å²) in [6, 6.07) is -1.08. The van der Waals surface area contributed by atoms with Gasteiger partial charge in [0.2, 0.25) is 0 Å². The molecule has 0 saturated heterocycles. The molecule has 1 N–H and O–H groups in total. The lowest BCUT2D eigenvalue weighted by Crippen LogP contribution is -2.51. The Bertz CT molecular complexity index is 276. The summed E-state index contributed by atoms with van der Waals surface area (Å²) in [5, 5.41) is 9.43. The molecular weight excluding hydrogens is 257 g/mol. The van der Waals surface area contributed by atoms with Crippen LogP contribution in [0.4, 0.5) is 22.0 Å². The molecule has 1 aliphatic carbocycles. The third-order valence-electron chi connectivity index (χ3n) is 3.30. The van der Waals surface area contributed by atoms with Gasteiger partial charge in [0.15, 0.2) is 0 Å². The molecule has 1 rings (SSSR count). The smallest absolute Gasteiger partial charge is 0.393 e. The number of halogens is 5. The maximum Gasteiger partial charge on any atom is 0.393 e. The second-order valence-electron chi connectivity index (χ2n) is 5.17. The molecule has 3 atom stereocenters. The van der Waals surface area contributed by atoms with Crippen molar-refractivity contribution in [3.05, 3.63) is 0 Å². The number of hydrogen-bond donors (Lipinski definition) is 1. The van der Waals surface area contributed by atoms with E-state index >= 15 is 0 Å². The van der Waals surface area contributed by atoms with Crippen LogP contribution in [0.25, 0.3) is 0 Å². The van der Waals surface area contributed by atoms with E-state index in [0.29, 0.717) is 6.92 Å². The van der Waals surface area contributed by atoms with Crippen molar-refractivity contribution in [1.82, 2.24) is 4.90 Å². The minimum absolute atomic E-state index is 0.0665. The fourth-order valence-electron chi connectivity index (χ4n) is 2.55. The zero-order valence-electron chi connectivity index (χ0n) is 10.3. The van der Waals surface area contributed by atoms with Gasteiger partial charge in [0.05, 0.1) is 18.6 Å². The third kappa shape index (κ3) is 4.35. The van der Waals surface area contributed by atoms with Crippen LogP contribution in [-0.2, 0) is 0 Å². The van der Waals surface area contributed by atoms with Gasteiger partial charge < -0.3 is 5.11 Å². The number of hydrogen-bond acceptors (Lipinski definition) is 2. The monoisotopic (exact) mass is 275 g/mol. The van der Waals surface area contributed by atoms with Crippen molar-refractivity contribution in [2.75, 3.05) is 13.6 Å². The van der Waals surface area contributed by atoms with E-state index in [-0.39, 0.29) is 19.3 Å². The van der Waals surface area contributed by atoms with E-state index in [9.17, 15) is 27.1 Å². The van der Waals surface area contributed by atoms with Gasteiger partial charge in [-0.15, -0.1) is 0 Å². The molecule has 108 valence electrons. The Hall–Kier alpha value is -0.430. The lowest BCUT2D eigenvalue weighted by atomic mass is 9.81. The predicted octanol–water partition coefficient (Wildman–Crippen LogP) is 2.67. The first kappa shape index (κ1) is 15.6. The Morgan fingerprint density at radius 2 is 1.72 bits per heavy atom. The van der Waals surface area contributed by atoms with E-state index in [2.05, 4.69) is 0 Å². The van der Waals surface area contributed by atoms with E-state index in [4.69, 9.17) is 0 Å². The molecule has 0 bridgehead atoms. The molecule has 1 fully saturated rings. The van der Waals surface area contributed by atoms with Gasteiger partial charge in [0.1, 0.15) is 0 Å². The van der Waals surface area contributed by atoms with E-state index in [0.717, 1.165) is 4.90 Å². The number of alkyl halides is 5. The number of rotatable bonds is 3. The van der Waals surface area contributed by atoms with Gasteiger partial charge in [0.25, 0.3) is 5.92 Å². The Balaban J connectivity index is 2.79. The van der Waals surface area contributed by atoms with Crippen LogP contribution in [0.15, 0.2) is 0 Å². The van der Waals surface area contributed by atoms with Gasteiger partial charge in [-0.05, 0) is 26.3 Å². The molecule has 0 aromatic heterocycles.